The SMILES string of the molecule is CC(C)[C@@H](NC(=O)NC(C)(C)C)c1ccc(C(=O)NO)cc1. The first-order chi connectivity index (χ1) is 10.1. The van der Waals surface area contributed by atoms with Gasteiger partial charge in [-0.05, 0) is 44.4 Å². The third-order valence-electron chi connectivity index (χ3n) is 3.08. The van der Waals surface area contributed by atoms with Crippen LogP contribution in [0.3, 0.4) is 0 Å². The topological polar surface area (TPSA) is 90.5 Å². The Bertz CT molecular complexity index is 518. The number of carbonyl (C=O) groups is 2. The first-order valence-corrected chi connectivity index (χ1v) is 7.27. The average Bonchev–Trinajstić information content (AvgIpc) is 2.42. The van der Waals surface area contributed by atoms with E-state index in [0.717, 1.165) is 5.56 Å². The smallest absolute Gasteiger partial charge is 0.315 e. The molecule has 0 heterocycles. The minimum absolute atomic E-state index is 0.173. The van der Waals surface area contributed by atoms with Crippen molar-refractivity contribution in [3.63, 3.8) is 0 Å². The highest BCUT2D eigenvalue weighted by Gasteiger charge is 2.21. The standard InChI is InChI=1S/C16H25N3O3/c1-10(2)13(17-15(21)18-16(3,4)5)11-6-8-12(9-7-11)14(20)19-22/h6-10,13,22H,1-5H3,(H,19,20)(H2,17,18,21)/t13-/m1/s1. The van der Waals surface area contributed by atoms with E-state index >= 15 is 0 Å². The molecule has 0 aliphatic heterocycles. The molecule has 0 radical (unpaired) electrons. The summed E-state index contributed by atoms with van der Waals surface area (Å²) in [5, 5.41) is 14.4. The van der Waals surface area contributed by atoms with E-state index < -0.39 is 5.91 Å². The summed E-state index contributed by atoms with van der Waals surface area (Å²) < 4.78 is 0. The van der Waals surface area contributed by atoms with Crippen molar-refractivity contribution >= 4 is 11.9 Å². The van der Waals surface area contributed by atoms with Gasteiger partial charge >= 0.3 is 6.03 Å². The molecule has 0 bridgehead atoms. The lowest BCUT2D eigenvalue weighted by Gasteiger charge is -2.27. The number of carbonyl (C=O) groups excluding carboxylic acids is 2. The van der Waals surface area contributed by atoms with Crippen LogP contribution in [0.1, 0.15) is 56.6 Å². The molecule has 6 nitrogen and oxygen atoms in total. The van der Waals surface area contributed by atoms with Gasteiger partial charge < -0.3 is 10.6 Å². The van der Waals surface area contributed by atoms with Crippen molar-refractivity contribution in [3.8, 4) is 0 Å². The van der Waals surface area contributed by atoms with Gasteiger partial charge in [0, 0.05) is 11.1 Å². The molecule has 0 spiro atoms. The van der Waals surface area contributed by atoms with Crippen molar-refractivity contribution in [1.29, 1.82) is 0 Å². The summed E-state index contributed by atoms with van der Waals surface area (Å²) in [6.45, 7) is 9.77. The number of hydroxylamine groups is 1. The van der Waals surface area contributed by atoms with Crippen molar-refractivity contribution in [1.82, 2.24) is 16.1 Å². The molecule has 0 saturated carbocycles. The summed E-state index contributed by atoms with van der Waals surface area (Å²) in [6, 6.07) is 6.36. The minimum atomic E-state index is -0.564. The average molecular weight is 307 g/mol. The van der Waals surface area contributed by atoms with Crippen LogP contribution in [0.15, 0.2) is 24.3 Å². The molecule has 0 saturated heterocycles. The number of hydrogen-bond donors (Lipinski definition) is 4. The van der Waals surface area contributed by atoms with E-state index in [1.807, 2.05) is 34.6 Å². The summed E-state index contributed by atoms with van der Waals surface area (Å²) in [5.74, 6) is -0.380. The second-order valence-corrected chi connectivity index (χ2v) is 6.63. The minimum Gasteiger partial charge on any atom is -0.334 e. The molecule has 3 amide bonds. The number of rotatable bonds is 4. The second-order valence-electron chi connectivity index (χ2n) is 6.63. The van der Waals surface area contributed by atoms with E-state index in [1.54, 1.807) is 29.7 Å². The molecule has 0 fully saturated rings. The third kappa shape index (κ3) is 5.37. The molecule has 1 aromatic carbocycles. The van der Waals surface area contributed by atoms with Gasteiger partial charge in [-0.15, -0.1) is 0 Å². The first-order valence-electron chi connectivity index (χ1n) is 7.27. The summed E-state index contributed by atoms with van der Waals surface area (Å²) >= 11 is 0. The summed E-state index contributed by atoms with van der Waals surface area (Å²) in [5.41, 5.74) is 2.53. The van der Waals surface area contributed by atoms with Gasteiger partial charge in [0.1, 0.15) is 0 Å². The normalized spacial score (nSPS) is 12.7. The summed E-state index contributed by atoms with van der Waals surface area (Å²) in [4.78, 5) is 23.4. The lowest BCUT2D eigenvalue weighted by molar-refractivity contribution is 0.0706. The predicted molar refractivity (Wildman–Crippen MR) is 84.7 cm³/mol. The molecule has 6 heteroatoms. The molecule has 0 aliphatic carbocycles. The molecule has 0 aliphatic rings. The molecule has 0 unspecified atom stereocenters. The van der Waals surface area contributed by atoms with Crippen LogP contribution < -0.4 is 16.1 Å². The van der Waals surface area contributed by atoms with Crippen LogP contribution in [0.5, 0.6) is 0 Å². The number of urea groups is 1. The second kappa shape index (κ2) is 7.26. The van der Waals surface area contributed by atoms with Crippen molar-refractivity contribution in [2.75, 3.05) is 0 Å². The van der Waals surface area contributed by atoms with E-state index in [2.05, 4.69) is 10.6 Å². The van der Waals surface area contributed by atoms with E-state index in [0.29, 0.717) is 5.56 Å². The van der Waals surface area contributed by atoms with Crippen molar-refractivity contribution < 1.29 is 14.8 Å². The zero-order valence-electron chi connectivity index (χ0n) is 13.7. The van der Waals surface area contributed by atoms with E-state index in [9.17, 15) is 9.59 Å². The van der Waals surface area contributed by atoms with E-state index in [4.69, 9.17) is 5.21 Å². The maximum absolute atomic E-state index is 12.0. The van der Waals surface area contributed by atoms with E-state index in [1.165, 1.54) is 0 Å². The third-order valence-corrected chi connectivity index (χ3v) is 3.08. The summed E-state index contributed by atoms with van der Waals surface area (Å²) in [7, 11) is 0. The van der Waals surface area contributed by atoms with Crippen molar-refractivity contribution in [2.45, 2.75) is 46.2 Å². The quantitative estimate of drug-likeness (QED) is 0.509. The fourth-order valence-corrected chi connectivity index (χ4v) is 2.06. The highest BCUT2D eigenvalue weighted by molar-refractivity contribution is 5.93. The van der Waals surface area contributed by atoms with Crippen molar-refractivity contribution in [2.24, 2.45) is 5.92 Å². The van der Waals surface area contributed by atoms with Gasteiger partial charge in [-0.25, -0.2) is 10.3 Å². The number of hydrogen-bond acceptors (Lipinski definition) is 3. The molecule has 1 atom stereocenters. The Labute approximate surface area is 131 Å². The lowest BCUT2D eigenvalue weighted by Crippen LogP contribution is -2.48. The van der Waals surface area contributed by atoms with Crippen molar-refractivity contribution in [3.05, 3.63) is 35.4 Å². The van der Waals surface area contributed by atoms with Gasteiger partial charge in [0.15, 0.2) is 0 Å². The largest absolute Gasteiger partial charge is 0.334 e. The van der Waals surface area contributed by atoms with Crippen LogP contribution in [0.25, 0.3) is 0 Å². The van der Waals surface area contributed by atoms with E-state index in [-0.39, 0.29) is 23.5 Å². The molecule has 1 rings (SSSR count). The van der Waals surface area contributed by atoms with Crippen LogP contribution >= 0.6 is 0 Å². The Morgan fingerprint density at radius 3 is 2.05 bits per heavy atom. The fraction of sp³-hybridized carbons (Fsp3) is 0.500. The highest BCUT2D eigenvalue weighted by Crippen LogP contribution is 2.22. The zero-order chi connectivity index (χ0) is 16.9. The zero-order valence-corrected chi connectivity index (χ0v) is 13.7. The Balaban J connectivity index is 2.87. The molecule has 22 heavy (non-hydrogen) atoms. The fourth-order valence-electron chi connectivity index (χ4n) is 2.06. The van der Waals surface area contributed by atoms with Crippen LogP contribution in [-0.4, -0.2) is 22.7 Å². The van der Waals surface area contributed by atoms with Gasteiger partial charge in [-0.2, -0.15) is 0 Å². The summed E-state index contributed by atoms with van der Waals surface area (Å²) in [6.07, 6.45) is 0. The number of benzene rings is 1. The first kappa shape index (κ1) is 18.0. The molecule has 122 valence electrons. The van der Waals surface area contributed by atoms with Crippen LogP contribution in [-0.2, 0) is 0 Å². The molecular formula is C16H25N3O3. The van der Waals surface area contributed by atoms with Gasteiger partial charge in [-0.3, -0.25) is 10.0 Å². The Morgan fingerprint density at radius 2 is 1.64 bits per heavy atom. The molecule has 0 aromatic heterocycles. The Kier molecular flexibility index (Phi) is 5.93. The lowest BCUT2D eigenvalue weighted by atomic mass is 9.95. The number of nitrogens with one attached hydrogen (secondary N) is 3. The van der Waals surface area contributed by atoms with Gasteiger partial charge in [-0.1, -0.05) is 26.0 Å². The van der Waals surface area contributed by atoms with Gasteiger partial charge in [0.05, 0.1) is 6.04 Å². The number of amides is 3. The van der Waals surface area contributed by atoms with Crippen LogP contribution in [0, 0.1) is 5.92 Å². The van der Waals surface area contributed by atoms with Gasteiger partial charge in [0.2, 0.25) is 0 Å². The predicted octanol–water partition coefficient (Wildman–Crippen LogP) is 2.60. The van der Waals surface area contributed by atoms with Crippen LogP contribution in [0.4, 0.5) is 4.79 Å². The Hall–Kier alpha value is -2.08. The maximum Gasteiger partial charge on any atom is 0.315 e. The molecule has 1 aromatic rings. The molecular weight excluding hydrogens is 282 g/mol. The highest BCUT2D eigenvalue weighted by atomic mass is 16.5. The molecule has 4 N–H and O–H groups in total. The Morgan fingerprint density at radius 1 is 1.09 bits per heavy atom. The maximum atomic E-state index is 12.0. The monoisotopic (exact) mass is 307 g/mol. The van der Waals surface area contributed by atoms with Gasteiger partial charge in [0.25, 0.3) is 5.91 Å². The van der Waals surface area contributed by atoms with Crippen LogP contribution in [0.2, 0.25) is 0 Å².